The summed E-state index contributed by atoms with van der Waals surface area (Å²) in [7, 11) is 0. The maximum Gasteiger partial charge on any atom is 0.243 e. The van der Waals surface area contributed by atoms with Gasteiger partial charge in [0.15, 0.2) is 5.82 Å². The Morgan fingerprint density at radius 2 is 1.76 bits per heavy atom. The molecule has 0 aliphatic carbocycles. The smallest absolute Gasteiger partial charge is 0.243 e. The van der Waals surface area contributed by atoms with Crippen LogP contribution in [0.2, 0.25) is 0 Å². The van der Waals surface area contributed by atoms with Gasteiger partial charge in [0.25, 0.3) is 0 Å². The molecule has 1 aromatic carbocycles. The van der Waals surface area contributed by atoms with Gasteiger partial charge < -0.3 is 4.52 Å². The minimum atomic E-state index is 0.162. The summed E-state index contributed by atoms with van der Waals surface area (Å²) < 4.78 is 5.51. The summed E-state index contributed by atoms with van der Waals surface area (Å²) in [4.78, 5) is 6.96. The molecule has 2 rings (SSSR count). The lowest BCUT2D eigenvalue weighted by Crippen LogP contribution is -2.26. The van der Waals surface area contributed by atoms with Crippen molar-refractivity contribution in [2.45, 2.75) is 46.1 Å². The highest BCUT2D eigenvalue weighted by Gasteiger charge is 2.23. The molecule has 1 heterocycles. The minimum Gasteiger partial charge on any atom is -0.338 e. The predicted octanol–water partition coefficient (Wildman–Crippen LogP) is 4.01. The maximum atomic E-state index is 5.51. The normalized spacial score (nSPS) is 14.3. The molecule has 0 aliphatic heterocycles. The molecule has 0 amide bonds. The zero-order valence-corrected chi connectivity index (χ0v) is 13.4. The molecule has 0 saturated carbocycles. The van der Waals surface area contributed by atoms with Gasteiger partial charge in [-0.3, -0.25) is 4.90 Å². The topological polar surface area (TPSA) is 42.2 Å². The Morgan fingerprint density at radius 1 is 1.10 bits per heavy atom. The Labute approximate surface area is 127 Å². The molecule has 2 aromatic rings. The molecule has 0 saturated heterocycles. The second-order valence-corrected chi connectivity index (χ2v) is 5.26. The number of benzene rings is 1. The first-order valence-corrected chi connectivity index (χ1v) is 7.83. The van der Waals surface area contributed by atoms with Crippen molar-refractivity contribution in [1.82, 2.24) is 15.0 Å². The third kappa shape index (κ3) is 3.50. The summed E-state index contributed by atoms with van der Waals surface area (Å²) in [6.07, 6.45) is 0.961. The highest BCUT2D eigenvalue weighted by atomic mass is 16.5. The van der Waals surface area contributed by atoms with Crippen LogP contribution < -0.4 is 0 Å². The Morgan fingerprint density at radius 3 is 2.33 bits per heavy atom. The van der Waals surface area contributed by atoms with E-state index in [0.29, 0.717) is 5.89 Å². The molecular weight excluding hydrogens is 262 g/mol. The molecule has 0 fully saturated rings. The van der Waals surface area contributed by atoms with Crippen LogP contribution in [0.4, 0.5) is 0 Å². The van der Waals surface area contributed by atoms with Crippen molar-refractivity contribution in [2.24, 2.45) is 0 Å². The van der Waals surface area contributed by atoms with Crippen LogP contribution in [0, 0.1) is 0 Å². The quantitative estimate of drug-likeness (QED) is 0.771. The summed E-state index contributed by atoms with van der Waals surface area (Å²) in [6, 6.07) is 10.5. The predicted molar refractivity (Wildman–Crippen MR) is 84.2 cm³/mol. The average Bonchev–Trinajstić information content (AvgIpc) is 3.00. The van der Waals surface area contributed by atoms with E-state index < -0.39 is 0 Å². The molecule has 0 aliphatic rings. The van der Waals surface area contributed by atoms with Gasteiger partial charge >= 0.3 is 0 Å². The molecule has 2 unspecified atom stereocenters. The van der Waals surface area contributed by atoms with Crippen molar-refractivity contribution in [3.8, 4) is 0 Å². The van der Waals surface area contributed by atoms with Crippen molar-refractivity contribution in [3.05, 3.63) is 47.6 Å². The summed E-state index contributed by atoms with van der Waals surface area (Å²) in [5, 5.41) is 4.22. The fourth-order valence-electron chi connectivity index (χ4n) is 2.74. The largest absolute Gasteiger partial charge is 0.338 e. The van der Waals surface area contributed by atoms with Gasteiger partial charge in [0.1, 0.15) is 0 Å². The van der Waals surface area contributed by atoms with Crippen LogP contribution in [-0.4, -0.2) is 28.1 Å². The summed E-state index contributed by atoms with van der Waals surface area (Å²) >= 11 is 0. The second kappa shape index (κ2) is 7.36. The number of aromatic nitrogens is 2. The van der Waals surface area contributed by atoms with Gasteiger partial charge in [-0.25, -0.2) is 0 Å². The van der Waals surface area contributed by atoms with Gasteiger partial charge in [-0.1, -0.05) is 56.3 Å². The third-order valence-corrected chi connectivity index (χ3v) is 4.10. The lowest BCUT2D eigenvalue weighted by atomic mass is 9.96. The third-order valence-electron chi connectivity index (χ3n) is 4.10. The van der Waals surface area contributed by atoms with Crippen LogP contribution in [0.1, 0.15) is 63.4 Å². The monoisotopic (exact) mass is 287 g/mol. The Kier molecular flexibility index (Phi) is 5.51. The van der Waals surface area contributed by atoms with Crippen molar-refractivity contribution >= 4 is 0 Å². The lowest BCUT2D eigenvalue weighted by Gasteiger charge is -2.22. The zero-order chi connectivity index (χ0) is 15.2. The van der Waals surface area contributed by atoms with Gasteiger partial charge in [-0.15, -0.1) is 0 Å². The molecule has 1 aromatic heterocycles. The van der Waals surface area contributed by atoms with Crippen molar-refractivity contribution < 1.29 is 4.52 Å². The molecule has 21 heavy (non-hydrogen) atoms. The molecule has 114 valence electrons. The van der Waals surface area contributed by atoms with E-state index in [0.717, 1.165) is 25.3 Å². The van der Waals surface area contributed by atoms with Gasteiger partial charge in [-0.05, 0) is 32.0 Å². The molecule has 0 N–H and O–H groups in total. The molecule has 0 bridgehead atoms. The van der Waals surface area contributed by atoms with Crippen LogP contribution in [-0.2, 0) is 0 Å². The number of rotatable bonds is 7. The molecule has 2 atom stereocenters. The number of hydrogen-bond donors (Lipinski definition) is 0. The van der Waals surface area contributed by atoms with E-state index in [-0.39, 0.29) is 12.0 Å². The van der Waals surface area contributed by atoms with E-state index in [4.69, 9.17) is 4.52 Å². The van der Waals surface area contributed by atoms with Gasteiger partial charge in [0.05, 0.1) is 6.04 Å². The lowest BCUT2D eigenvalue weighted by molar-refractivity contribution is 0.189. The first-order chi connectivity index (χ1) is 10.2. The molecule has 4 nitrogen and oxygen atoms in total. The molecule has 0 radical (unpaired) electrons. The van der Waals surface area contributed by atoms with Crippen molar-refractivity contribution in [1.29, 1.82) is 0 Å². The number of nitrogens with zero attached hydrogens (tertiary/aromatic N) is 3. The first kappa shape index (κ1) is 15.7. The van der Waals surface area contributed by atoms with Crippen LogP contribution in [0.3, 0.4) is 0 Å². The van der Waals surface area contributed by atoms with E-state index in [1.807, 2.05) is 6.07 Å². The highest BCUT2D eigenvalue weighted by molar-refractivity contribution is 5.24. The van der Waals surface area contributed by atoms with E-state index in [1.165, 1.54) is 5.56 Å². The fraction of sp³-hybridized carbons (Fsp3) is 0.529. The van der Waals surface area contributed by atoms with Gasteiger partial charge in [0.2, 0.25) is 5.89 Å². The first-order valence-electron chi connectivity index (χ1n) is 7.83. The summed E-state index contributed by atoms with van der Waals surface area (Å²) in [5.74, 6) is 1.70. The van der Waals surface area contributed by atoms with Crippen LogP contribution in [0.5, 0.6) is 0 Å². The Bertz CT molecular complexity index is 534. The Hall–Kier alpha value is -1.68. The molecule has 0 spiro atoms. The second-order valence-electron chi connectivity index (χ2n) is 5.26. The minimum absolute atomic E-state index is 0.162. The standard InChI is InChI=1S/C17H25N3O/c1-5-15(14-11-9-8-10-12-14)16-18-17(21-19-16)13(4)20(6-2)7-3/h8-13,15H,5-7H2,1-4H3. The SMILES string of the molecule is CCC(c1ccccc1)c1noc(C(C)N(CC)CC)n1. The average molecular weight is 287 g/mol. The van der Waals surface area contributed by atoms with Crippen LogP contribution in [0.25, 0.3) is 0 Å². The highest BCUT2D eigenvalue weighted by Crippen LogP contribution is 2.27. The summed E-state index contributed by atoms with van der Waals surface area (Å²) in [6.45, 7) is 10.5. The van der Waals surface area contributed by atoms with E-state index in [1.54, 1.807) is 0 Å². The van der Waals surface area contributed by atoms with Gasteiger partial charge in [-0.2, -0.15) is 4.98 Å². The van der Waals surface area contributed by atoms with Crippen molar-refractivity contribution in [3.63, 3.8) is 0 Å². The molecule has 4 heteroatoms. The maximum absolute atomic E-state index is 5.51. The Balaban J connectivity index is 2.22. The van der Waals surface area contributed by atoms with Crippen molar-refractivity contribution in [2.75, 3.05) is 13.1 Å². The fourth-order valence-corrected chi connectivity index (χ4v) is 2.74. The molecular formula is C17H25N3O. The van der Waals surface area contributed by atoms with E-state index >= 15 is 0 Å². The number of hydrogen-bond acceptors (Lipinski definition) is 4. The van der Waals surface area contributed by atoms with E-state index in [2.05, 4.69) is 67.0 Å². The van der Waals surface area contributed by atoms with Crippen LogP contribution in [0.15, 0.2) is 34.9 Å². The van der Waals surface area contributed by atoms with E-state index in [9.17, 15) is 0 Å². The van der Waals surface area contributed by atoms with Gasteiger partial charge in [0, 0.05) is 5.92 Å². The zero-order valence-electron chi connectivity index (χ0n) is 13.4. The summed E-state index contributed by atoms with van der Waals surface area (Å²) in [5.41, 5.74) is 1.24. The van der Waals surface area contributed by atoms with Crippen LogP contribution >= 0.6 is 0 Å².